The quantitative estimate of drug-likeness (QED) is 0.410. The van der Waals surface area contributed by atoms with E-state index in [-0.39, 0.29) is 11.6 Å². The molecule has 9 nitrogen and oxygen atoms in total. The van der Waals surface area contributed by atoms with Crippen LogP contribution < -0.4 is 15.7 Å². The zero-order valence-corrected chi connectivity index (χ0v) is 17.4. The van der Waals surface area contributed by atoms with E-state index in [2.05, 4.69) is 25.5 Å². The molecule has 0 bridgehead atoms. The van der Waals surface area contributed by atoms with Crippen LogP contribution in [-0.2, 0) is 11.8 Å². The molecule has 4 aromatic rings. The minimum absolute atomic E-state index is 0.175. The number of thioether (sulfide) groups is 1. The van der Waals surface area contributed by atoms with Gasteiger partial charge in [-0.25, -0.2) is 4.79 Å². The van der Waals surface area contributed by atoms with E-state index in [9.17, 15) is 9.59 Å². The highest BCUT2D eigenvalue weighted by Gasteiger charge is 2.20. The molecular weight excluding hydrogens is 404 g/mol. The van der Waals surface area contributed by atoms with Crippen LogP contribution in [0.1, 0.15) is 6.92 Å². The van der Waals surface area contributed by atoms with Crippen LogP contribution in [0.2, 0.25) is 0 Å². The molecule has 0 unspecified atom stereocenters. The maximum Gasteiger partial charge on any atom is 0.323 e. The first-order valence-electron chi connectivity index (χ1n) is 9.18. The van der Waals surface area contributed by atoms with Crippen LogP contribution in [0.3, 0.4) is 0 Å². The van der Waals surface area contributed by atoms with E-state index < -0.39 is 5.25 Å². The molecule has 154 valence electrons. The Hall–Kier alpha value is -3.53. The molecule has 0 aliphatic heterocycles. The minimum Gasteiger partial charge on any atom is -0.497 e. The van der Waals surface area contributed by atoms with Gasteiger partial charge in [-0.1, -0.05) is 11.8 Å². The second-order valence-corrected chi connectivity index (χ2v) is 7.99. The fourth-order valence-electron chi connectivity index (χ4n) is 2.97. The number of fused-ring (bicyclic) bond motifs is 1. The Morgan fingerprint density at radius 1 is 1.13 bits per heavy atom. The zero-order valence-electron chi connectivity index (χ0n) is 16.6. The molecule has 0 radical (unpaired) electrons. The van der Waals surface area contributed by atoms with Crippen molar-refractivity contribution in [3.63, 3.8) is 0 Å². The van der Waals surface area contributed by atoms with Gasteiger partial charge in [0.25, 0.3) is 0 Å². The first-order chi connectivity index (χ1) is 14.4. The number of benzene rings is 2. The minimum atomic E-state index is -0.405. The fraction of sp³-hybridized carbons (Fsp3) is 0.200. The summed E-state index contributed by atoms with van der Waals surface area (Å²) in [4.78, 5) is 29.4. The van der Waals surface area contributed by atoms with Crippen molar-refractivity contribution in [2.45, 2.75) is 17.3 Å². The molecular formula is C20H20N6O3S. The predicted octanol–water partition coefficient (Wildman–Crippen LogP) is 2.78. The Bertz CT molecular complexity index is 1260. The molecule has 0 fully saturated rings. The van der Waals surface area contributed by atoms with Gasteiger partial charge >= 0.3 is 5.69 Å². The third-order valence-electron chi connectivity index (χ3n) is 4.62. The summed E-state index contributed by atoms with van der Waals surface area (Å²) in [7, 11) is 3.48. The number of rotatable bonds is 6. The van der Waals surface area contributed by atoms with Crippen LogP contribution >= 0.6 is 11.8 Å². The van der Waals surface area contributed by atoms with Crippen molar-refractivity contribution < 1.29 is 9.53 Å². The summed E-state index contributed by atoms with van der Waals surface area (Å²) in [6.07, 6.45) is 0. The van der Waals surface area contributed by atoms with Crippen LogP contribution in [-0.4, -0.2) is 43.0 Å². The van der Waals surface area contributed by atoms with E-state index in [0.717, 1.165) is 11.3 Å². The molecule has 0 saturated heterocycles. The number of H-pyrrole nitrogens is 2. The molecule has 1 atom stereocenters. The van der Waals surface area contributed by atoms with Crippen molar-refractivity contribution in [1.29, 1.82) is 0 Å². The average molecular weight is 424 g/mol. The standard InChI is InChI=1S/C20H20N6O3S/c1-11(18(27)21-13-6-9-15-16(10-13)23-19(28)22-15)30-20-25-24-17(26(20)2)12-4-7-14(29-3)8-5-12/h4-11H,1-3H3,(H,21,27)(H2,22,23,28)/t11-/m1/s1. The number of imidazole rings is 1. The number of ether oxygens (including phenoxy) is 1. The molecule has 0 saturated carbocycles. The maximum atomic E-state index is 12.6. The van der Waals surface area contributed by atoms with Gasteiger partial charge in [0.2, 0.25) is 5.91 Å². The van der Waals surface area contributed by atoms with Crippen LogP contribution in [0.25, 0.3) is 22.4 Å². The van der Waals surface area contributed by atoms with Crippen LogP contribution in [0.4, 0.5) is 5.69 Å². The normalized spacial score (nSPS) is 12.1. The number of methoxy groups -OCH3 is 1. The smallest absolute Gasteiger partial charge is 0.323 e. The van der Waals surface area contributed by atoms with E-state index in [1.165, 1.54) is 11.8 Å². The summed E-state index contributed by atoms with van der Waals surface area (Å²) < 4.78 is 7.04. The molecule has 2 aromatic heterocycles. The van der Waals surface area contributed by atoms with Gasteiger partial charge in [-0.15, -0.1) is 10.2 Å². The monoisotopic (exact) mass is 424 g/mol. The van der Waals surface area contributed by atoms with E-state index in [4.69, 9.17) is 4.74 Å². The van der Waals surface area contributed by atoms with Gasteiger partial charge in [0.1, 0.15) is 5.75 Å². The molecule has 4 rings (SSSR count). The van der Waals surface area contributed by atoms with Crippen LogP contribution in [0.5, 0.6) is 5.75 Å². The van der Waals surface area contributed by atoms with E-state index in [1.54, 1.807) is 32.2 Å². The molecule has 2 aromatic carbocycles. The first kappa shape index (κ1) is 19.8. The second-order valence-electron chi connectivity index (χ2n) is 6.68. The number of hydrogen-bond donors (Lipinski definition) is 3. The van der Waals surface area contributed by atoms with E-state index in [1.807, 2.05) is 35.9 Å². The number of aromatic amines is 2. The lowest BCUT2D eigenvalue weighted by Crippen LogP contribution is -2.22. The lowest BCUT2D eigenvalue weighted by atomic mass is 10.2. The number of amides is 1. The highest BCUT2D eigenvalue weighted by molar-refractivity contribution is 8.00. The third kappa shape index (κ3) is 3.94. The van der Waals surface area contributed by atoms with Crippen molar-refractivity contribution in [3.8, 4) is 17.1 Å². The van der Waals surface area contributed by atoms with Gasteiger partial charge in [-0.2, -0.15) is 0 Å². The highest BCUT2D eigenvalue weighted by atomic mass is 32.2. The fourth-order valence-corrected chi connectivity index (χ4v) is 3.79. The highest BCUT2D eigenvalue weighted by Crippen LogP contribution is 2.27. The van der Waals surface area contributed by atoms with Gasteiger partial charge in [0.05, 0.1) is 23.4 Å². The summed E-state index contributed by atoms with van der Waals surface area (Å²) in [6, 6.07) is 12.7. The summed E-state index contributed by atoms with van der Waals surface area (Å²) >= 11 is 1.32. The number of hydrogen-bond acceptors (Lipinski definition) is 6. The Labute approximate surface area is 175 Å². The molecule has 30 heavy (non-hydrogen) atoms. The molecule has 10 heteroatoms. The average Bonchev–Trinajstić information content (AvgIpc) is 3.29. The zero-order chi connectivity index (χ0) is 21.3. The van der Waals surface area contributed by atoms with Gasteiger partial charge < -0.3 is 24.6 Å². The lowest BCUT2D eigenvalue weighted by molar-refractivity contribution is -0.115. The van der Waals surface area contributed by atoms with Crippen molar-refractivity contribution >= 4 is 34.4 Å². The van der Waals surface area contributed by atoms with Crippen molar-refractivity contribution in [2.24, 2.45) is 7.05 Å². The molecule has 2 heterocycles. The maximum absolute atomic E-state index is 12.6. The number of nitrogens with one attached hydrogen (secondary N) is 3. The third-order valence-corrected chi connectivity index (χ3v) is 5.75. The van der Waals surface area contributed by atoms with Crippen molar-refractivity contribution in [2.75, 3.05) is 12.4 Å². The van der Waals surface area contributed by atoms with Gasteiger partial charge in [0, 0.05) is 18.3 Å². The van der Waals surface area contributed by atoms with Crippen LogP contribution in [0.15, 0.2) is 52.4 Å². The Balaban J connectivity index is 1.46. The van der Waals surface area contributed by atoms with Gasteiger partial charge in [0.15, 0.2) is 11.0 Å². The number of anilines is 1. The largest absolute Gasteiger partial charge is 0.497 e. The van der Waals surface area contributed by atoms with E-state index in [0.29, 0.717) is 27.7 Å². The first-order valence-corrected chi connectivity index (χ1v) is 10.1. The number of carbonyl (C=O) groups excluding carboxylic acids is 1. The molecule has 0 aliphatic rings. The molecule has 0 aliphatic carbocycles. The summed E-state index contributed by atoms with van der Waals surface area (Å²) in [5.41, 5.74) is 2.55. The Kier molecular flexibility index (Phi) is 5.32. The Morgan fingerprint density at radius 2 is 1.87 bits per heavy atom. The SMILES string of the molecule is COc1ccc(-c2nnc(S[C@H](C)C(=O)Nc3ccc4[nH]c(=O)[nH]c4c3)n2C)cc1. The van der Waals surface area contributed by atoms with Crippen molar-refractivity contribution in [3.05, 3.63) is 52.9 Å². The van der Waals surface area contributed by atoms with Crippen LogP contribution in [0, 0.1) is 0 Å². The number of nitrogens with zero attached hydrogens (tertiary/aromatic N) is 3. The second kappa shape index (κ2) is 8.07. The summed E-state index contributed by atoms with van der Waals surface area (Å²) in [5, 5.41) is 11.6. The molecule has 0 spiro atoms. The number of aromatic nitrogens is 5. The lowest BCUT2D eigenvalue weighted by Gasteiger charge is -2.12. The summed E-state index contributed by atoms with van der Waals surface area (Å²) in [6.45, 7) is 1.80. The van der Waals surface area contributed by atoms with Crippen molar-refractivity contribution in [1.82, 2.24) is 24.7 Å². The predicted molar refractivity (Wildman–Crippen MR) is 116 cm³/mol. The van der Waals surface area contributed by atoms with Gasteiger partial charge in [-0.3, -0.25) is 4.79 Å². The Morgan fingerprint density at radius 3 is 2.60 bits per heavy atom. The molecule has 3 N–H and O–H groups in total. The molecule has 1 amide bonds. The number of carbonyl (C=O) groups is 1. The van der Waals surface area contributed by atoms with E-state index >= 15 is 0 Å². The van der Waals surface area contributed by atoms with Gasteiger partial charge in [-0.05, 0) is 49.4 Å². The topological polar surface area (TPSA) is 118 Å². The summed E-state index contributed by atoms with van der Waals surface area (Å²) in [5.74, 6) is 1.29.